The normalized spacial score (nSPS) is 10.7. The molecule has 5 nitrogen and oxygen atoms in total. The van der Waals surface area contributed by atoms with Crippen molar-refractivity contribution in [1.29, 1.82) is 0 Å². The van der Waals surface area contributed by atoms with E-state index in [4.69, 9.17) is 5.11 Å². The fourth-order valence-corrected chi connectivity index (χ4v) is 2.36. The lowest BCUT2D eigenvalue weighted by Crippen LogP contribution is -2.00. The van der Waals surface area contributed by atoms with Crippen LogP contribution in [0.1, 0.15) is 11.1 Å². The third-order valence-corrected chi connectivity index (χ3v) is 3.90. The lowest BCUT2D eigenvalue weighted by Gasteiger charge is -2.03. The maximum Gasteiger partial charge on any atom is 0.313 e. The zero-order chi connectivity index (χ0) is 14.0. The Bertz CT molecular complexity index is 622. The molecule has 0 atom stereocenters. The summed E-state index contributed by atoms with van der Waals surface area (Å²) in [7, 11) is 1.77. The molecule has 0 saturated carbocycles. The number of rotatable bonds is 4. The van der Waals surface area contributed by atoms with Gasteiger partial charge >= 0.3 is 5.97 Å². The van der Waals surface area contributed by atoms with Crippen LogP contribution in [0.15, 0.2) is 23.4 Å². The summed E-state index contributed by atoms with van der Waals surface area (Å²) in [6.07, 6.45) is 0. The molecule has 0 unspecified atom stereocenters. The minimum absolute atomic E-state index is 0.0151. The van der Waals surface area contributed by atoms with E-state index in [-0.39, 0.29) is 5.75 Å². The number of carbonyl (C=O) groups is 1. The Labute approximate surface area is 115 Å². The highest BCUT2D eigenvalue weighted by Crippen LogP contribution is 2.25. The molecule has 2 rings (SSSR count). The highest BCUT2D eigenvalue weighted by atomic mass is 32.2. The van der Waals surface area contributed by atoms with E-state index >= 15 is 0 Å². The number of nitrogens with zero attached hydrogens (tertiary/aromatic N) is 3. The molecule has 0 aliphatic heterocycles. The van der Waals surface area contributed by atoms with Crippen LogP contribution < -0.4 is 0 Å². The zero-order valence-electron chi connectivity index (χ0n) is 11.0. The molecular weight excluding hydrogens is 262 g/mol. The smallest absolute Gasteiger partial charge is 0.313 e. The van der Waals surface area contributed by atoms with Crippen LogP contribution in [-0.4, -0.2) is 31.6 Å². The van der Waals surface area contributed by atoms with Gasteiger partial charge in [0.15, 0.2) is 11.0 Å². The number of benzene rings is 1. The van der Waals surface area contributed by atoms with Crippen LogP contribution in [0.2, 0.25) is 0 Å². The van der Waals surface area contributed by atoms with Gasteiger partial charge in [-0.3, -0.25) is 4.79 Å². The molecule has 0 amide bonds. The summed E-state index contributed by atoms with van der Waals surface area (Å²) in [6, 6.07) is 5.99. The number of carboxylic acid groups (broad SMARTS) is 1. The van der Waals surface area contributed by atoms with E-state index in [2.05, 4.69) is 10.1 Å². The van der Waals surface area contributed by atoms with Crippen molar-refractivity contribution in [3.8, 4) is 11.4 Å². The Morgan fingerprint density at radius 3 is 2.84 bits per heavy atom. The minimum Gasteiger partial charge on any atom is -0.481 e. The Kier molecular flexibility index (Phi) is 3.90. The summed E-state index contributed by atoms with van der Waals surface area (Å²) in [5.41, 5.74) is 3.31. The van der Waals surface area contributed by atoms with Gasteiger partial charge in [0.1, 0.15) is 0 Å². The van der Waals surface area contributed by atoms with Gasteiger partial charge in [0.25, 0.3) is 0 Å². The van der Waals surface area contributed by atoms with Crippen molar-refractivity contribution in [2.24, 2.45) is 7.05 Å². The molecule has 6 heteroatoms. The maximum atomic E-state index is 10.6. The number of hydrogen-bond acceptors (Lipinski definition) is 4. The van der Waals surface area contributed by atoms with Gasteiger partial charge in [-0.1, -0.05) is 30.0 Å². The molecule has 0 fully saturated rings. The molecule has 0 aliphatic carbocycles. The maximum absolute atomic E-state index is 10.6. The Morgan fingerprint density at radius 1 is 1.42 bits per heavy atom. The molecule has 1 N–H and O–H groups in total. The van der Waals surface area contributed by atoms with Crippen molar-refractivity contribution in [1.82, 2.24) is 14.8 Å². The largest absolute Gasteiger partial charge is 0.481 e. The molecule has 1 aromatic carbocycles. The van der Waals surface area contributed by atoms with Crippen LogP contribution in [0.5, 0.6) is 0 Å². The Hall–Kier alpha value is -1.82. The number of hydrogen-bond donors (Lipinski definition) is 1. The zero-order valence-corrected chi connectivity index (χ0v) is 11.9. The van der Waals surface area contributed by atoms with Gasteiger partial charge in [0.2, 0.25) is 0 Å². The van der Waals surface area contributed by atoms with Crippen molar-refractivity contribution >= 4 is 17.7 Å². The average Bonchev–Trinajstić information content (AvgIpc) is 2.71. The molecule has 1 aromatic heterocycles. The monoisotopic (exact) mass is 277 g/mol. The molecule has 1 heterocycles. The second kappa shape index (κ2) is 5.44. The SMILES string of the molecule is Cc1cccc(-c2nc(SCC(=O)O)n(C)n2)c1C. The molecule has 2 aromatic rings. The van der Waals surface area contributed by atoms with Gasteiger partial charge < -0.3 is 5.11 Å². The summed E-state index contributed by atoms with van der Waals surface area (Å²) in [4.78, 5) is 15.0. The van der Waals surface area contributed by atoms with Crippen LogP contribution in [0, 0.1) is 13.8 Å². The van der Waals surface area contributed by atoms with E-state index < -0.39 is 5.97 Å². The van der Waals surface area contributed by atoms with Gasteiger partial charge in [-0.05, 0) is 25.0 Å². The van der Waals surface area contributed by atoms with E-state index in [9.17, 15) is 4.79 Å². The lowest BCUT2D eigenvalue weighted by atomic mass is 10.0. The average molecular weight is 277 g/mol. The van der Waals surface area contributed by atoms with Crippen molar-refractivity contribution in [3.05, 3.63) is 29.3 Å². The van der Waals surface area contributed by atoms with Crippen LogP contribution in [0.3, 0.4) is 0 Å². The molecular formula is C13H15N3O2S. The summed E-state index contributed by atoms with van der Waals surface area (Å²) in [6.45, 7) is 4.08. The first-order valence-corrected chi connectivity index (χ1v) is 6.80. The van der Waals surface area contributed by atoms with Gasteiger partial charge in [0, 0.05) is 12.6 Å². The van der Waals surface area contributed by atoms with Gasteiger partial charge in [-0.15, -0.1) is 0 Å². The van der Waals surface area contributed by atoms with E-state index in [1.54, 1.807) is 11.7 Å². The second-order valence-corrected chi connectivity index (χ2v) is 5.21. The molecule has 0 spiro atoms. The second-order valence-electron chi connectivity index (χ2n) is 4.27. The molecule has 19 heavy (non-hydrogen) atoms. The summed E-state index contributed by atoms with van der Waals surface area (Å²) in [5, 5.41) is 13.7. The third kappa shape index (κ3) is 2.96. The molecule has 0 saturated heterocycles. The molecule has 0 radical (unpaired) electrons. The van der Waals surface area contributed by atoms with E-state index in [1.807, 2.05) is 32.0 Å². The Balaban J connectivity index is 2.34. The highest BCUT2D eigenvalue weighted by molar-refractivity contribution is 7.99. The molecule has 0 aliphatic rings. The Morgan fingerprint density at radius 2 is 2.16 bits per heavy atom. The fraction of sp³-hybridized carbons (Fsp3) is 0.308. The van der Waals surface area contributed by atoms with Gasteiger partial charge in [0.05, 0.1) is 5.75 Å². The van der Waals surface area contributed by atoms with E-state index in [1.165, 1.54) is 17.3 Å². The predicted molar refractivity (Wildman–Crippen MR) is 74.3 cm³/mol. The topological polar surface area (TPSA) is 68.0 Å². The summed E-state index contributed by atoms with van der Waals surface area (Å²) in [5.74, 6) is -0.239. The number of aryl methyl sites for hydroxylation is 2. The van der Waals surface area contributed by atoms with Crippen molar-refractivity contribution in [2.45, 2.75) is 19.0 Å². The number of carboxylic acids is 1. The first-order valence-electron chi connectivity index (χ1n) is 5.81. The minimum atomic E-state index is -0.860. The van der Waals surface area contributed by atoms with Crippen LogP contribution >= 0.6 is 11.8 Å². The molecule has 0 bridgehead atoms. The van der Waals surface area contributed by atoms with Crippen molar-refractivity contribution in [3.63, 3.8) is 0 Å². The van der Waals surface area contributed by atoms with Crippen LogP contribution in [0.4, 0.5) is 0 Å². The summed E-state index contributed by atoms with van der Waals surface area (Å²) >= 11 is 1.17. The number of aliphatic carboxylic acids is 1. The van der Waals surface area contributed by atoms with E-state index in [0.717, 1.165) is 11.1 Å². The number of thioether (sulfide) groups is 1. The lowest BCUT2D eigenvalue weighted by molar-refractivity contribution is -0.133. The third-order valence-electron chi connectivity index (χ3n) is 2.89. The van der Waals surface area contributed by atoms with E-state index in [0.29, 0.717) is 11.0 Å². The van der Waals surface area contributed by atoms with Crippen molar-refractivity contribution < 1.29 is 9.90 Å². The van der Waals surface area contributed by atoms with Crippen molar-refractivity contribution in [2.75, 3.05) is 5.75 Å². The predicted octanol–water partition coefficient (Wildman–Crippen LogP) is 2.28. The summed E-state index contributed by atoms with van der Waals surface area (Å²) < 4.78 is 1.62. The standard InChI is InChI=1S/C13H15N3O2S/c1-8-5-4-6-10(9(8)2)12-14-13(16(3)15-12)19-7-11(17)18/h4-6H,7H2,1-3H3,(H,17,18). The number of aromatic nitrogens is 3. The fourth-order valence-electron chi connectivity index (χ4n) is 1.73. The van der Waals surface area contributed by atoms with Crippen LogP contribution in [0.25, 0.3) is 11.4 Å². The van der Waals surface area contributed by atoms with Crippen LogP contribution in [-0.2, 0) is 11.8 Å². The molecule has 100 valence electrons. The quantitative estimate of drug-likeness (QED) is 0.868. The van der Waals surface area contributed by atoms with Gasteiger partial charge in [-0.2, -0.15) is 5.10 Å². The first kappa shape index (κ1) is 13.6. The highest BCUT2D eigenvalue weighted by Gasteiger charge is 2.13. The van der Waals surface area contributed by atoms with Gasteiger partial charge in [-0.25, -0.2) is 9.67 Å². The first-order chi connectivity index (χ1) is 8.99.